The lowest BCUT2D eigenvalue weighted by Crippen LogP contribution is -2.56. The highest BCUT2D eigenvalue weighted by Crippen LogP contribution is 2.29. The van der Waals surface area contributed by atoms with Gasteiger partial charge in [0.1, 0.15) is 0 Å². The van der Waals surface area contributed by atoms with E-state index in [1.807, 2.05) is 11.3 Å². The molecule has 110 valence electrons. The van der Waals surface area contributed by atoms with Crippen molar-refractivity contribution < 1.29 is 0 Å². The minimum Gasteiger partial charge on any atom is -0.326 e. The van der Waals surface area contributed by atoms with Gasteiger partial charge in [-0.1, -0.05) is 32.0 Å². The van der Waals surface area contributed by atoms with Gasteiger partial charge < -0.3 is 5.73 Å². The van der Waals surface area contributed by atoms with Gasteiger partial charge in [-0.25, -0.2) is 0 Å². The molecule has 3 heteroatoms. The van der Waals surface area contributed by atoms with Gasteiger partial charge in [0.15, 0.2) is 0 Å². The number of nitrogens with two attached hydrogens (primary N) is 1. The van der Waals surface area contributed by atoms with Crippen molar-refractivity contribution in [2.75, 3.05) is 13.1 Å². The van der Waals surface area contributed by atoms with Crippen molar-refractivity contribution in [2.45, 2.75) is 45.7 Å². The molecule has 2 nitrogen and oxygen atoms in total. The van der Waals surface area contributed by atoms with Crippen LogP contribution in [0.3, 0.4) is 0 Å². The van der Waals surface area contributed by atoms with E-state index in [-0.39, 0.29) is 11.6 Å². The van der Waals surface area contributed by atoms with Crippen molar-refractivity contribution in [2.24, 2.45) is 5.73 Å². The number of nitrogens with zero attached hydrogens (tertiary/aromatic N) is 1. The van der Waals surface area contributed by atoms with Gasteiger partial charge in [0.25, 0.3) is 0 Å². The molecule has 0 aliphatic rings. The summed E-state index contributed by atoms with van der Waals surface area (Å²) in [5.41, 5.74) is 7.96. The summed E-state index contributed by atoms with van der Waals surface area (Å²) in [6.07, 6.45) is 0.938. The molecule has 0 aliphatic carbocycles. The average Bonchev–Trinajstić information content (AvgIpc) is 2.83. The van der Waals surface area contributed by atoms with Gasteiger partial charge in [-0.3, -0.25) is 4.90 Å². The normalized spacial score (nSPS) is 14.1. The van der Waals surface area contributed by atoms with E-state index in [2.05, 4.69) is 62.2 Å². The van der Waals surface area contributed by atoms with Crippen molar-refractivity contribution in [1.29, 1.82) is 0 Å². The molecule has 0 spiro atoms. The molecule has 2 N–H and O–H groups in total. The van der Waals surface area contributed by atoms with E-state index < -0.39 is 0 Å². The Morgan fingerprint density at radius 2 is 1.85 bits per heavy atom. The molecule has 1 aromatic heterocycles. The first-order chi connectivity index (χ1) is 9.50. The van der Waals surface area contributed by atoms with Crippen molar-refractivity contribution >= 4 is 21.4 Å². The van der Waals surface area contributed by atoms with E-state index in [0.29, 0.717) is 0 Å². The average molecular weight is 290 g/mol. The van der Waals surface area contributed by atoms with Gasteiger partial charge >= 0.3 is 0 Å². The third kappa shape index (κ3) is 2.90. The maximum Gasteiger partial charge on any atom is 0.0345 e. The molecule has 0 aliphatic heterocycles. The van der Waals surface area contributed by atoms with E-state index in [1.54, 1.807) is 0 Å². The Bertz CT molecular complexity index is 555. The molecule has 0 radical (unpaired) electrons. The Kier molecular flexibility index (Phi) is 4.84. The second-order valence-corrected chi connectivity index (χ2v) is 6.80. The predicted octanol–water partition coefficient (Wildman–Crippen LogP) is 3.89. The maximum atomic E-state index is 6.55. The quantitative estimate of drug-likeness (QED) is 0.874. The summed E-state index contributed by atoms with van der Waals surface area (Å²) in [6.45, 7) is 11.0. The zero-order valence-corrected chi connectivity index (χ0v) is 13.8. The summed E-state index contributed by atoms with van der Waals surface area (Å²) in [4.78, 5) is 2.45. The monoisotopic (exact) mass is 290 g/mol. The zero-order valence-electron chi connectivity index (χ0n) is 13.0. The Balaban J connectivity index is 2.20. The topological polar surface area (TPSA) is 29.3 Å². The Hall–Kier alpha value is -0.900. The van der Waals surface area contributed by atoms with E-state index in [4.69, 9.17) is 5.73 Å². The molecule has 1 unspecified atom stereocenters. The van der Waals surface area contributed by atoms with Gasteiger partial charge in [-0.2, -0.15) is 0 Å². The van der Waals surface area contributed by atoms with Crippen LogP contribution in [0, 0.1) is 0 Å². The number of fused-ring (bicyclic) bond motifs is 1. The lowest BCUT2D eigenvalue weighted by atomic mass is 9.88. The minimum atomic E-state index is 0.0204. The SMILES string of the molecule is CCN(CC)C(C)(C)C(N)Cc1csc2ccccc12. The standard InChI is InChI=1S/C17H26N2S/c1-5-19(6-2)17(3,4)16(18)11-13-12-20-15-10-8-7-9-14(13)15/h7-10,12,16H,5-6,11,18H2,1-4H3. The van der Waals surface area contributed by atoms with Crippen molar-refractivity contribution in [3.8, 4) is 0 Å². The molecule has 0 fully saturated rings. The number of hydrogen-bond donors (Lipinski definition) is 1. The molecular formula is C17H26N2S. The van der Waals surface area contributed by atoms with Crippen LogP contribution in [0.1, 0.15) is 33.3 Å². The fourth-order valence-corrected chi connectivity index (χ4v) is 3.93. The van der Waals surface area contributed by atoms with Gasteiger partial charge in [0.05, 0.1) is 0 Å². The fraction of sp³-hybridized carbons (Fsp3) is 0.529. The fourth-order valence-electron chi connectivity index (χ4n) is 2.95. The van der Waals surface area contributed by atoms with Crippen molar-refractivity contribution in [1.82, 2.24) is 4.90 Å². The largest absolute Gasteiger partial charge is 0.326 e. The second kappa shape index (κ2) is 6.25. The number of benzene rings is 1. The molecule has 20 heavy (non-hydrogen) atoms. The molecule has 0 amide bonds. The summed E-state index contributed by atoms with van der Waals surface area (Å²) in [5, 5.41) is 3.63. The maximum absolute atomic E-state index is 6.55. The highest BCUT2D eigenvalue weighted by atomic mass is 32.1. The number of likely N-dealkylation sites (N-methyl/N-ethyl adjacent to an activating group) is 1. The van der Waals surface area contributed by atoms with Crippen LogP contribution in [-0.2, 0) is 6.42 Å². The van der Waals surface area contributed by atoms with E-state index >= 15 is 0 Å². The van der Waals surface area contributed by atoms with Crippen LogP contribution in [0.2, 0.25) is 0 Å². The van der Waals surface area contributed by atoms with Gasteiger partial charge in [0, 0.05) is 16.3 Å². The number of thiophene rings is 1. The first kappa shape index (κ1) is 15.5. The van der Waals surface area contributed by atoms with Crippen LogP contribution in [-0.4, -0.2) is 29.6 Å². The lowest BCUT2D eigenvalue weighted by Gasteiger charge is -2.42. The Labute approximate surface area is 126 Å². The molecule has 0 saturated heterocycles. The third-order valence-electron chi connectivity index (χ3n) is 4.49. The van der Waals surface area contributed by atoms with Crippen LogP contribution in [0.4, 0.5) is 0 Å². The molecule has 1 atom stereocenters. The molecule has 0 bridgehead atoms. The number of rotatable bonds is 6. The first-order valence-corrected chi connectivity index (χ1v) is 8.34. The predicted molar refractivity (Wildman–Crippen MR) is 90.5 cm³/mol. The van der Waals surface area contributed by atoms with Gasteiger partial charge in [-0.15, -0.1) is 11.3 Å². The van der Waals surface area contributed by atoms with Crippen LogP contribution in [0.15, 0.2) is 29.6 Å². The summed E-state index contributed by atoms with van der Waals surface area (Å²) in [7, 11) is 0. The zero-order chi connectivity index (χ0) is 14.8. The Morgan fingerprint density at radius 3 is 2.50 bits per heavy atom. The molecule has 1 heterocycles. The smallest absolute Gasteiger partial charge is 0.0345 e. The molecule has 2 aromatic rings. The molecule has 1 aromatic carbocycles. The molecule has 2 rings (SSSR count). The third-order valence-corrected chi connectivity index (χ3v) is 5.50. The second-order valence-electron chi connectivity index (χ2n) is 5.89. The van der Waals surface area contributed by atoms with Crippen LogP contribution in [0.25, 0.3) is 10.1 Å². The summed E-state index contributed by atoms with van der Waals surface area (Å²) >= 11 is 1.82. The summed E-state index contributed by atoms with van der Waals surface area (Å²) in [5.74, 6) is 0. The van der Waals surface area contributed by atoms with Crippen molar-refractivity contribution in [3.63, 3.8) is 0 Å². The van der Waals surface area contributed by atoms with Crippen molar-refractivity contribution in [3.05, 3.63) is 35.2 Å². The van der Waals surface area contributed by atoms with Gasteiger partial charge in [0.2, 0.25) is 0 Å². The van der Waals surface area contributed by atoms with E-state index in [9.17, 15) is 0 Å². The first-order valence-electron chi connectivity index (χ1n) is 7.46. The highest BCUT2D eigenvalue weighted by Gasteiger charge is 2.31. The lowest BCUT2D eigenvalue weighted by molar-refractivity contribution is 0.107. The molecular weight excluding hydrogens is 264 g/mol. The van der Waals surface area contributed by atoms with Crippen LogP contribution >= 0.6 is 11.3 Å². The number of hydrogen-bond acceptors (Lipinski definition) is 3. The van der Waals surface area contributed by atoms with Crippen LogP contribution < -0.4 is 5.73 Å². The summed E-state index contributed by atoms with van der Waals surface area (Å²) in [6, 6.07) is 8.74. The van der Waals surface area contributed by atoms with E-state index in [1.165, 1.54) is 15.6 Å². The van der Waals surface area contributed by atoms with Gasteiger partial charge in [-0.05, 0) is 55.8 Å². The minimum absolute atomic E-state index is 0.0204. The highest BCUT2D eigenvalue weighted by molar-refractivity contribution is 7.17. The molecule has 0 saturated carbocycles. The summed E-state index contributed by atoms with van der Waals surface area (Å²) < 4.78 is 1.36. The van der Waals surface area contributed by atoms with Crippen LogP contribution in [0.5, 0.6) is 0 Å². The van der Waals surface area contributed by atoms with E-state index in [0.717, 1.165) is 19.5 Å². The Morgan fingerprint density at radius 1 is 1.20 bits per heavy atom.